The zero-order chi connectivity index (χ0) is 10.1. The molecule has 0 N–H and O–H groups in total. The fourth-order valence-corrected chi connectivity index (χ4v) is 1.49. The SMILES string of the molecule is COC(=O)c1nnc2n(c1=O)CCC2. The minimum Gasteiger partial charge on any atom is -0.464 e. The maximum absolute atomic E-state index is 11.6. The molecule has 1 aromatic heterocycles. The molecule has 0 aliphatic carbocycles. The van der Waals surface area contributed by atoms with E-state index < -0.39 is 11.5 Å². The van der Waals surface area contributed by atoms with Gasteiger partial charge in [-0.1, -0.05) is 0 Å². The lowest BCUT2D eigenvalue weighted by molar-refractivity contribution is 0.0589. The van der Waals surface area contributed by atoms with Crippen molar-refractivity contribution in [3.8, 4) is 0 Å². The molecule has 0 aromatic carbocycles. The Hall–Kier alpha value is -1.72. The van der Waals surface area contributed by atoms with Crippen molar-refractivity contribution in [2.75, 3.05) is 7.11 Å². The van der Waals surface area contributed by atoms with E-state index in [9.17, 15) is 9.59 Å². The molecule has 6 heteroatoms. The predicted octanol–water partition coefficient (Wildman–Crippen LogP) is -0.629. The van der Waals surface area contributed by atoms with Crippen molar-refractivity contribution in [2.24, 2.45) is 0 Å². The fourth-order valence-electron chi connectivity index (χ4n) is 1.49. The number of nitrogens with zero attached hydrogens (tertiary/aromatic N) is 3. The van der Waals surface area contributed by atoms with Crippen LogP contribution in [-0.4, -0.2) is 27.8 Å². The molecule has 74 valence electrons. The maximum atomic E-state index is 11.6. The van der Waals surface area contributed by atoms with Crippen LogP contribution in [0.1, 0.15) is 22.7 Å². The van der Waals surface area contributed by atoms with Gasteiger partial charge in [0.1, 0.15) is 5.82 Å². The van der Waals surface area contributed by atoms with Crippen LogP contribution in [0.15, 0.2) is 4.79 Å². The second-order valence-corrected chi connectivity index (χ2v) is 3.02. The second kappa shape index (κ2) is 3.21. The summed E-state index contributed by atoms with van der Waals surface area (Å²) in [6.45, 7) is 0.605. The first-order valence-electron chi connectivity index (χ1n) is 4.28. The van der Waals surface area contributed by atoms with E-state index >= 15 is 0 Å². The van der Waals surface area contributed by atoms with Gasteiger partial charge in [-0.05, 0) is 6.42 Å². The first kappa shape index (κ1) is 8.86. The molecule has 0 unspecified atom stereocenters. The molecule has 0 saturated carbocycles. The molecule has 0 fully saturated rings. The fraction of sp³-hybridized carbons (Fsp3) is 0.500. The normalized spacial score (nSPS) is 13.8. The van der Waals surface area contributed by atoms with Gasteiger partial charge in [0.05, 0.1) is 7.11 Å². The molecule has 0 radical (unpaired) electrons. The van der Waals surface area contributed by atoms with Gasteiger partial charge in [0.15, 0.2) is 0 Å². The first-order chi connectivity index (χ1) is 6.74. The number of methoxy groups -OCH3 is 1. The number of esters is 1. The lowest BCUT2D eigenvalue weighted by Crippen LogP contribution is -2.29. The predicted molar refractivity (Wildman–Crippen MR) is 46.0 cm³/mol. The Balaban J connectivity index is 2.56. The van der Waals surface area contributed by atoms with Gasteiger partial charge >= 0.3 is 5.97 Å². The minimum atomic E-state index is -0.732. The summed E-state index contributed by atoms with van der Waals surface area (Å²) in [6.07, 6.45) is 1.61. The average molecular weight is 195 g/mol. The smallest absolute Gasteiger partial charge is 0.364 e. The van der Waals surface area contributed by atoms with Crippen LogP contribution in [0.4, 0.5) is 0 Å². The summed E-state index contributed by atoms with van der Waals surface area (Å²) in [5.74, 6) is -0.0904. The third-order valence-electron chi connectivity index (χ3n) is 2.19. The summed E-state index contributed by atoms with van der Waals surface area (Å²) in [5, 5.41) is 7.36. The molecule has 0 saturated heterocycles. The van der Waals surface area contributed by atoms with Gasteiger partial charge in [0.2, 0.25) is 5.69 Å². The van der Waals surface area contributed by atoms with Crippen LogP contribution in [0.3, 0.4) is 0 Å². The lowest BCUT2D eigenvalue weighted by Gasteiger charge is -2.02. The van der Waals surface area contributed by atoms with E-state index in [1.165, 1.54) is 11.7 Å². The van der Waals surface area contributed by atoms with Crippen LogP contribution in [0.5, 0.6) is 0 Å². The van der Waals surface area contributed by atoms with E-state index in [1.54, 1.807) is 0 Å². The Bertz CT molecular complexity index is 438. The van der Waals surface area contributed by atoms with E-state index in [0.29, 0.717) is 12.4 Å². The number of hydrogen-bond acceptors (Lipinski definition) is 5. The van der Waals surface area contributed by atoms with Gasteiger partial charge in [-0.15, -0.1) is 10.2 Å². The Morgan fingerprint density at radius 3 is 3.00 bits per heavy atom. The highest BCUT2D eigenvalue weighted by atomic mass is 16.5. The molecule has 1 aliphatic heterocycles. The molecule has 14 heavy (non-hydrogen) atoms. The van der Waals surface area contributed by atoms with E-state index in [4.69, 9.17) is 0 Å². The standard InChI is InChI=1S/C8H9N3O3/c1-14-8(13)6-7(12)11-4-2-3-5(11)9-10-6/h2-4H2,1H3. The third-order valence-corrected chi connectivity index (χ3v) is 2.19. The van der Waals surface area contributed by atoms with Crippen molar-refractivity contribution in [3.05, 3.63) is 21.9 Å². The van der Waals surface area contributed by atoms with E-state index in [-0.39, 0.29) is 5.69 Å². The largest absolute Gasteiger partial charge is 0.464 e. The Kier molecular flexibility index (Phi) is 2.03. The number of carbonyl (C=O) groups excluding carboxylic acids is 1. The highest BCUT2D eigenvalue weighted by Crippen LogP contribution is 2.07. The highest BCUT2D eigenvalue weighted by molar-refractivity contribution is 5.86. The van der Waals surface area contributed by atoms with Crippen LogP contribution in [-0.2, 0) is 17.7 Å². The molecular formula is C8H9N3O3. The summed E-state index contributed by atoms with van der Waals surface area (Å²) in [7, 11) is 1.21. The average Bonchev–Trinajstić information content (AvgIpc) is 2.66. The Morgan fingerprint density at radius 2 is 2.29 bits per heavy atom. The van der Waals surface area contributed by atoms with Crippen LogP contribution in [0, 0.1) is 0 Å². The van der Waals surface area contributed by atoms with Gasteiger partial charge in [-0.2, -0.15) is 0 Å². The highest BCUT2D eigenvalue weighted by Gasteiger charge is 2.21. The summed E-state index contributed by atoms with van der Waals surface area (Å²) in [5.41, 5.74) is -0.641. The van der Waals surface area contributed by atoms with Crippen LogP contribution >= 0.6 is 0 Å². The van der Waals surface area contributed by atoms with Gasteiger partial charge in [0.25, 0.3) is 5.56 Å². The zero-order valence-corrected chi connectivity index (χ0v) is 7.69. The topological polar surface area (TPSA) is 74.1 Å². The van der Waals surface area contributed by atoms with Crippen molar-refractivity contribution in [1.29, 1.82) is 0 Å². The number of fused-ring (bicyclic) bond motifs is 1. The van der Waals surface area contributed by atoms with E-state index in [1.807, 2.05) is 0 Å². The number of ether oxygens (including phenoxy) is 1. The summed E-state index contributed by atoms with van der Waals surface area (Å²) >= 11 is 0. The first-order valence-corrected chi connectivity index (χ1v) is 4.28. The molecule has 0 bridgehead atoms. The Labute approximate surface area is 79.5 Å². The molecule has 1 aromatic rings. The molecule has 0 spiro atoms. The second-order valence-electron chi connectivity index (χ2n) is 3.02. The van der Waals surface area contributed by atoms with Gasteiger partial charge in [0, 0.05) is 13.0 Å². The van der Waals surface area contributed by atoms with Crippen LogP contribution < -0.4 is 5.56 Å². The molecule has 2 heterocycles. The van der Waals surface area contributed by atoms with Crippen molar-refractivity contribution >= 4 is 5.97 Å². The third kappa shape index (κ3) is 1.19. The van der Waals surface area contributed by atoms with Crippen LogP contribution in [0.25, 0.3) is 0 Å². The monoisotopic (exact) mass is 195 g/mol. The van der Waals surface area contributed by atoms with E-state index in [2.05, 4.69) is 14.9 Å². The number of hydrogen-bond donors (Lipinski definition) is 0. The maximum Gasteiger partial charge on any atom is 0.364 e. The number of aromatic nitrogens is 3. The Morgan fingerprint density at radius 1 is 1.50 bits per heavy atom. The quantitative estimate of drug-likeness (QED) is 0.558. The van der Waals surface area contributed by atoms with Gasteiger partial charge in [-0.25, -0.2) is 4.79 Å². The van der Waals surface area contributed by atoms with Gasteiger partial charge < -0.3 is 4.74 Å². The molecule has 0 atom stereocenters. The summed E-state index contributed by atoms with van der Waals surface area (Å²) in [6, 6.07) is 0. The number of rotatable bonds is 1. The van der Waals surface area contributed by atoms with Crippen molar-refractivity contribution < 1.29 is 9.53 Å². The van der Waals surface area contributed by atoms with Crippen molar-refractivity contribution in [1.82, 2.24) is 14.8 Å². The minimum absolute atomic E-state index is 0.238. The zero-order valence-electron chi connectivity index (χ0n) is 7.69. The lowest BCUT2D eigenvalue weighted by atomic mass is 10.4. The van der Waals surface area contributed by atoms with Crippen molar-refractivity contribution in [3.63, 3.8) is 0 Å². The molecule has 1 aliphatic rings. The molecular weight excluding hydrogens is 186 g/mol. The number of aryl methyl sites for hydroxylation is 1. The summed E-state index contributed by atoms with van der Waals surface area (Å²) < 4.78 is 5.89. The molecule has 0 amide bonds. The van der Waals surface area contributed by atoms with Crippen LogP contribution in [0.2, 0.25) is 0 Å². The van der Waals surface area contributed by atoms with E-state index in [0.717, 1.165) is 12.8 Å². The molecule has 6 nitrogen and oxygen atoms in total. The molecule has 2 rings (SSSR count). The number of carbonyl (C=O) groups is 1. The summed E-state index contributed by atoms with van der Waals surface area (Å²) in [4.78, 5) is 22.7. The van der Waals surface area contributed by atoms with Crippen molar-refractivity contribution in [2.45, 2.75) is 19.4 Å². The van der Waals surface area contributed by atoms with Gasteiger partial charge in [-0.3, -0.25) is 9.36 Å².